The summed E-state index contributed by atoms with van der Waals surface area (Å²) in [5.74, 6) is 0. The van der Waals surface area contributed by atoms with Crippen LogP contribution in [0.4, 0.5) is 0 Å². The molecule has 0 heterocycles. The van der Waals surface area contributed by atoms with Gasteiger partial charge in [0, 0.05) is 9.38 Å². The van der Waals surface area contributed by atoms with Gasteiger partial charge in [-0.05, 0) is 41.6 Å². The average Bonchev–Trinajstić information content (AvgIpc) is 2.49. The van der Waals surface area contributed by atoms with Gasteiger partial charge in [0.05, 0.1) is 6.04 Å². The van der Waals surface area contributed by atoms with E-state index >= 15 is 0 Å². The number of hydrogen-bond donors (Lipinski definition) is 0. The fourth-order valence-electron chi connectivity index (χ4n) is 1.75. The lowest BCUT2D eigenvalue weighted by molar-refractivity contribution is 0.707. The van der Waals surface area contributed by atoms with Crippen molar-refractivity contribution in [3.8, 4) is 0 Å². The Bertz CT molecular complexity index is 388. The van der Waals surface area contributed by atoms with Crippen LogP contribution in [-0.4, -0.2) is 0 Å². The van der Waals surface area contributed by atoms with Crippen molar-refractivity contribution < 1.29 is 0 Å². The summed E-state index contributed by atoms with van der Waals surface area (Å²) in [6, 6.07) is 6.17. The average molecular weight is 272 g/mol. The minimum atomic E-state index is 0. The van der Waals surface area contributed by atoms with Crippen molar-refractivity contribution in [3.05, 3.63) is 44.2 Å². The Hall–Kier alpha value is -0.640. The maximum absolute atomic E-state index is 8.36. The first kappa shape index (κ1) is 11.4. The molecule has 0 saturated heterocycles. The molecule has 0 unspecified atom stereocenters. The quantitative estimate of drug-likeness (QED) is 0.423. The molecule has 1 aromatic carbocycles. The molecule has 3 nitrogen and oxygen atoms in total. The van der Waals surface area contributed by atoms with Gasteiger partial charge in [0.1, 0.15) is 0 Å². The van der Waals surface area contributed by atoms with Crippen LogP contribution in [0.1, 0.15) is 23.6 Å². The van der Waals surface area contributed by atoms with E-state index in [1.807, 2.05) is 12.1 Å². The number of aryl methyl sites for hydroxylation is 1. The van der Waals surface area contributed by atoms with Gasteiger partial charge in [-0.1, -0.05) is 27.1 Å². The van der Waals surface area contributed by atoms with Crippen molar-refractivity contribution in [1.82, 2.24) is 0 Å². The van der Waals surface area contributed by atoms with E-state index < -0.39 is 0 Å². The van der Waals surface area contributed by atoms with Gasteiger partial charge >= 0.3 is 0 Å². The van der Waals surface area contributed by atoms with Gasteiger partial charge in [-0.3, -0.25) is 0 Å². The van der Waals surface area contributed by atoms with Crippen molar-refractivity contribution in [2.24, 2.45) is 5.11 Å². The zero-order chi connectivity index (χ0) is 9.26. The number of hydrogen-bond acceptors (Lipinski definition) is 1. The van der Waals surface area contributed by atoms with E-state index in [0.29, 0.717) is 0 Å². The topological polar surface area (TPSA) is 48.8 Å². The standard InChI is InChI=1S/C9H8BrN3.H2S/c10-7-2-3-8-6(5-7)1-4-9(8)12-13-11;/h2-3,5,9H,1,4H2;1H2/t9-;/m0./s1. The van der Waals surface area contributed by atoms with Crippen molar-refractivity contribution in [2.75, 3.05) is 0 Å². The molecule has 0 amide bonds. The molecule has 0 fully saturated rings. The van der Waals surface area contributed by atoms with E-state index in [4.69, 9.17) is 5.53 Å². The summed E-state index contributed by atoms with van der Waals surface area (Å²) in [7, 11) is 0. The molecule has 0 aliphatic heterocycles. The van der Waals surface area contributed by atoms with Gasteiger partial charge in [-0.25, -0.2) is 0 Å². The van der Waals surface area contributed by atoms with Crippen LogP contribution in [0.5, 0.6) is 0 Å². The maximum Gasteiger partial charge on any atom is 0.0631 e. The van der Waals surface area contributed by atoms with E-state index in [2.05, 4.69) is 32.0 Å². The molecule has 0 N–H and O–H groups in total. The van der Waals surface area contributed by atoms with Crippen LogP contribution in [0.25, 0.3) is 10.4 Å². The molecule has 0 bridgehead atoms. The maximum atomic E-state index is 8.36. The molecule has 0 spiro atoms. The number of halogens is 1. The first-order chi connectivity index (χ1) is 6.31. The highest BCUT2D eigenvalue weighted by atomic mass is 79.9. The Morgan fingerprint density at radius 2 is 2.29 bits per heavy atom. The highest BCUT2D eigenvalue weighted by Crippen LogP contribution is 2.35. The summed E-state index contributed by atoms with van der Waals surface area (Å²) in [4.78, 5) is 2.85. The first-order valence-corrected chi connectivity index (χ1v) is 4.93. The van der Waals surface area contributed by atoms with Crippen LogP contribution < -0.4 is 0 Å². The Labute approximate surface area is 97.7 Å². The molecular weight excluding hydrogens is 262 g/mol. The van der Waals surface area contributed by atoms with Crippen LogP contribution in [0.2, 0.25) is 0 Å². The molecule has 1 aromatic rings. The van der Waals surface area contributed by atoms with Gasteiger partial charge in [0.25, 0.3) is 0 Å². The van der Waals surface area contributed by atoms with Crippen LogP contribution in [0.3, 0.4) is 0 Å². The lowest BCUT2D eigenvalue weighted by Crippen LogP contribution is -1.86. The van der Waals surface area contributed by atoms with Gasteiger partial charge in [0.2, 0.25) is 0 Å². The molecule has 1 aliphatic carbocycles. The summed E-state index contributed by atoms with van der Waals surface area (Å²) in [6.07, 6.45) is 1.95. The third-order valence-corrected chi connectivity index (χ3v) is 2.84. The Morgan fingerprint density at radius 1 is 1.50 bits per heavy atom. The third kappa shape index (κ3) is 2.05. The fourth-order valence-corrected chi connectivity index (χ4v) is 2.15. The van der Waals surface area contributed by atoms with Gasteiger partial charge < -0.3 is 0 Å². The Kier molecular flexibility index (Phi) is 3.86. The van der Waals surface area contributed by atoms with Crippen LogP contribution >= 0.6 is 29.4 Å². The minimum absolute atomic E-state index is 0. The summed E-state index contributed by atoms with van der Waals surface area (Å²) < 4.78 is 1.09. The van der Waals surface area contributed by atoms with Crippen LogP contribution in [-0.2, 0) is 6.42 Å². The van der Waals surface area contributed by atoms with Crippen molar-refractivity contribution in [2.45, 2.75) is 18.9 Å². The molecule has 0 saturated carbocycles. The monoisotopic (exact) mass is 271 g/mol. The Morgan fingerprint density at radius 3 is 3.00 bits per heavy atom. The number of azide groups is 1. The highest BCUT2D eigenvalue weighted by molar-refractivity contribution is 9.10. The molecule has 2 rings (SSSR count). The van der Waals surface area contributed by atoms with Gasteiger partial charge in [0.15, 0.2) is 0 Å². The number of nitrogens with zero attached hydrogens (tertiary/aromatic N) is 3. The van der Waals surface area contributed by atoms with Crippen LogP contribution in [0, 0.1) is 0 Å². The van der Waals surface area contributed by atoms with Crippen molar-refractivity contribution >= 4 is 29.4 Å². The van der Waals surface area contributed by atoms with E-state index in [1.54, 1.807) is 0 Å². The van der Waals surface area contributed by atoms with E-state index in [1.165, 1.54) is 11.1 Å². The van der Waals surface area contributed by atoms with Crippen molar-refractivity contribution in [1.29, 1.82) is 0 Å². The summed E-state index contributed by atoms with van der Waals surface area (Å²) in [5, 5.41) is 3.76. The fraction of sp³-hybridized carbons (Fsp3) is 0.333. The molecule has 1 aliphatic rings. The molecule has 0 radical (unpaired) electrons. The number of benzene rings is 1. The van der Waals surface area contributed by atoms with Gasteiger partial charge in [-0.2, -0.15) is 13.5 Å². The van der Waals surface area contributed by atoms with E-state index in [-0.39, 0.29) is 19.5 Å². The van der Waals surface area contributed by atoms with Crippen molar-refractivity contribution in [3.63, 3.8) is 0 Å². The molecule has 0 aromatic heterocycles. The second kappa shape index (κ2) is 4.73. The first-order valence-electron chi connectivity index (χ1n) is 4.14. The summed E-state index contributed by atoms with van der Waals surface area (Å²) in [5.41, 5.74) is 10.8. The van der Waals surface area contributed by atoms with E-state index in [0.717, 1.165) is 17.3 Å². The smallest absolute Gasteiger partial charge is 0.0631 e. The predicted octanol–water partition coefficient (Wildman–Crippen LogP) is 3.86. The molecule has 5 heteroatoms. The SMILES string of the molecule is S.[N-]=[N+]=N[C@H]1CCc2cc(Br)ccc21. The summed E-state index contributed by atoms with van der Waals surface area (Å²) >= 11 is 3.42. The van der Waals surface area contributed by atoms with Gasteiger partial charge in [-0.15, -0.1) is 0 Å². The molecule has 1 atom stereocenters. The minimum Gasteiger partial charge on any atom is -0.197 e. The zero-order valence-electron chi connectivity index (χ0n) is 7.44. The third-order valence-electron chi connectivity index (χ3n) is 2.34. The largest absolute Gasteiger partial charge is 0.197 e. The zero-order valence-corrected chi connectivity index (χ0v) is 10.0. The summed E-state index contributed by atoms with van der Waals surface area (Å²) in [6.45, 7) is 0. The predicted molar refractivity (Wildman–Crippen MR) is 64.7 cm³/mol. The van der Waals surface area contributed by atoms with E-state index in [9.17, 15) is 0 Å². The second-order valence-electron chi connectivity index (χ2n) is 3.10. The lowest BCUT2D eigenvalue weighted by Gasteiger charge is -2.03. The second-order valence-corrected chi connectivity index (χ2v) is 4.02. The molecule has 14 heavy (non-hydrogen) atoms. The molecule has 74 valence electrons. The normalized spacial score (nSPS) is 17.9. The number of rotatable bonds is 1. The Balaban J connectivity index is 0.000000980. The highest BCUT2D eigenvalue weighted by Gasteiger charge is 2.20. The molecular formula is C9H10BrN3S. The lowest BCUT2D eigenvalue weighted by atomic mass is 10.1. The van der Waals surface area contributed by atoms with Crippen LogP contribution in [0.15, 0.2) is 27.8 Å². The number of fused-ring (bicyclic) bond motifs is 1.